The molecule has 334 valence electrons. The summed E-state index contributed by atoms with van der Waals surface area (Å²) in [7, 11) is 0. The van der Waals surface area contributed by atoms with Crippen LogP contribution in [0.2, 0.25) is 0 Å². The second kappa shape index (κ2) is 49.2. The van der Waals surface area contributed by atoms with Gasteiger partial charge in [-0.3, -0.25) is 4.79 Å². The predicted octanol–water partition coefficient (Wildman–Crippen LogP) is 15.7. The van der Waals surface area contributed by atoms with Crippen LogP contribution in [0.4, 0.5) is 0 Å². The smallest absolute Gasteiger partial charge is 0.220 e. The minimum atomic E-state index is -0.672. The number of hydrogen-bond acceptors (Lipinski definition) is 3. The number of aliphatic hydroxyl groups excluding tert-OH is 2. The van der Waals surface area contributed by atoms with E-state index in [2.05, 4.69) is 141 Å². The van der Waals surface area contributed by atoms with Gasteiger partial charge >= 0.3 is 0 Å². The number of aliphatic hydroxyl groups is 2. The average Bonchev–Trinajstić information content (AvgIpc) is 3.24. The summed E-state index contributed by atoms with van der Waals surface area (Å²) >= 11 is 0. The minimum absolute atomic E-state index is 0.0538. The van der Waals surface area contributed by atoms with Crippen molar-refractivity contribution in [3.63, 3.8) is 0 Å². The van der Waals surface area contributed by atoms with Crippen molar-refractivity contribution in [1.29, 1.82) is 0 Å². The maximum absolute atomic E-state index is 12.4. The van der Waals surface area contributed by atoms with Gasteiger partial charge in [0.05, 0.1) is 18.8 Å². The van der Waals surface area contributed by atoms with Crippen LogP contribution < -0.4 is 5.32 Å². The van der Waals surface area contributed by atoms with Gasteiger partial charge in [-0.2, -0.15) is 0 Å². The molecule has 2 atom stereocenters. The molecule has 0 aromatic carbocycles. The zero-order chi connectivity index (χ0) is 42.8. The van der Waals surface area contributed by atoms with Crippen LogP contribution in [0.3, 0.4) is 0 Å². The molecule has 4 heteroatoms. The Morgan fingerprint density at radius 3 is 1.12 bits per heavy atom. The zero-order valence-electron chi connectivity index (χ0n) is 38.2. The molecule has 0 radical (unpaired) electrons. The summed E-state index contributed by atoms with van der Waals surface area (Å²) in [5.74, 6) is -0.0538. The molecular formula is C55H91NO3. The molecule has 0 fully saturated rings. The Labute approximate surface area is 365 Å². The summed E-state index contributed by atoms with van der Waals surface area (Å²) in [6.45, 7) is 4.21. The van der Waals surface area contributed by atoms with Crippen molar-refractivity contribution in [1.82, 2.24) is 5.32 Å². The number of carbonyl (C=O) groups excluding carboxylic acids is 1. The molecule has 2 unspecified atom stereocenters. The van der Waals surface area contributed by atoms with Gasteiger partial charge in [0, 0.05) is 6.42 Å². The Kier molecular flexibility index (Phi) is 46.5. The molecule has 3 N–H and O–H groups in total. The Bertz CT molecular complexity index is 1200. The molecule has 0 aliphatic rings. The van der Waals surface area contributed by atoms with E-state index >= 15 is 0 Å². The van der Waals surface area contributed by atoms with Crippen molar-refractivity contribution in [2.75, 3.05) is 6.61 Å². The van der Waals surface area contributed by atoms with Gasteiger partial charge in [0.25, 0.3) is 0 Å². The summed E-state index contributed by atoms with van der Waals surface area (Å²) < 4.78 is 0. The van der Waals surface area contributed by atoms with E-state index in [4.69, 9.17) is 0 Å². The first-order valence-corrected chi connectivity index (χ1v) is 24.2. The van der Waals surface area contributed by atoms with E-state index in [1.807, 2.05) is 0 Å². The van der Waals surface area contributed by atoms with Gasteiger partial charge in [-0.25, -0.2) is 0 Å². The molecule has 0 bridgehead atoms. The summed E-state index contributed by atoms with van der Waals surface area (Å²) in [6, 6.07) is -0.551. The molecule has 59 heavy (non-hydrogen) atoms. The third kappa shape index (κ3) is 45.7. The molecule has 0 heterocycles. The van der Waals surface area contributed by atoms with E-state index in [9.17, 15) is 15.0 Å². The van der Waals surface area contributed by atoms with E-state index in [1.54, 1.807) is 0 Å². The fourth-order valence-electron chi connectivity index (χ4n) is 6.56. The summed E-state index contributed by atoms with van der Waals surface area (Å²) in [6.07, 6.45) is 75.8. The molecule has 0 saturated carbocycles. The molecule has 0 aromatic rings. The van der Waals surface area contributed by atoms with Crippen LogP contribution in [0.1, 0.15) is 200 Å². The first kappa shape index (κ1) is 55.8. The average molecular weight is 814 g/mol. The van der Waals surface area contributed by atoms with Gasteiger partial charge in [-0.1, -0.05) is 225 Å². The van der Waals surface area contributed by atoms with Crippen molar-refractivity contribution in [2.24, 2.45) is 0 Å². The van der Waals surface area contributed by atoms with Crippen molar-refractivity contribution in [3.8, 4) is 0 Å². The zero-order valence-corrected chi connectivity index (χ0v) is 38.2. The van der Waals surface area contributed by atoms with Gasteiger partial charge in [0.2, 0.25) is 5.91 Å². The third-order valence-electron chi connectivity index (χ3n) is 10.2. The van der Waals surface area contributed by atoms with E-state index in [-0.39, 0.29) is 12.5 Å². The first-order chi connectivity index (χ1) is 29.2. The summed E-state index contributed by atoms with van der Waals surface area (Å²) in [5, 5.41) is 23.1. The molecule has 0 aliphatic heterocycles. The molecule has 4 nitrogen and oxygen atoms in total. The van der Waals surface area contributed by atoms with Crippen LogP contribution in [0.5, 0.6) is 0 Å². The molecule has 0 rings (SSSR count). The van der Waals surface area contributed by atoms with Crippen molar-refractivity contribution < 1.29 is 15.0 Å². The maximum atomic E-state index is 12.4. The third-order valence-corrected chi connectivity index (χ3v) is 10.2. The van der Waals surface area contributed by atoms with Crippen LogP contribution in [0.15, 0.2) is 122 Å². The number of unbranched alkanes of at least 4 members (excludes halogenated alkanes) is 15. The van der Waals surface area contributed by atoms with Crippen LogP contribution >= 0.6 is 0 Å². The number of nitrogens with one attached hydrogen (secondary N) is 1. The van der Waals surface area contributed by atoms with E-state index in [1.165, 1.54) is 70.6 Å². The second-order valence-electron chi connectivity index (χ2n) is 15.8. The number of rotatable bonds is 42. The quantitative estimate of drug-likeness (QED) is 0.0425. The van der Waals surface area contributed by atoms with E-state index < -0.39 is 12.1 Å². The van der Waals surface area contributed by atoms with Gasteiger partial charge in [-0.05, 0) is 89.9 Å². The molecule has 1 amide bonds. The van der Waals surface area contributed by atoms with E-state index in [0.717, 1.165) is 103 Å². The topological polar surface area (TPSA) is 69.6 Å². The Morgan fingerprint density at radius 1 is 0.424 bits per heavy atom. The molecule has 0 aromatic heterocycles. The highest BCUT2D eigenvalue weighted by Crippen LogP contribution is 2.14. The lowest BCUT2D eigenvalue weighted by molar-refractivity contribution is -0.123. The normalized spacial score (nSPS) is 14.0. The molecule has 0 saturated heterocycles. The maximum Gasteiger partial charge on any atom is 0.220 e. The highest BCUT2D eigenvalue weighted by Gasteiger charge is 2.20. The lowest BCUT2D eigenvalue weighted by Crippen LogP contribution is -2.45. The highest BCUT2D eigenvalue weighted by molar-refractivity contribution is 5.76. The van der Waals surface area contributed by atoms with Crippen molar-refractivity contribution in [2.45, 2.75) is 212 Å². The number of allylic oxidation sites excluding steroid dienone is 20. The molecule has 0 spiro atoms. The van der Waals surface area contributed by atoms with Crippen LogP contribution in [0, 0.1) is 0 Å². The Hall–Kier alpha value is -3.21. The van der Waals surface area contributed by atoms with Crippen molar-refractivity contribution in [3.05, 3.63) is 122 Å². The molecular weight excluding hydrogens is 723 g/mol. The standard InChI is InChI=1S/C55H91NO3/c1-3-5-7-9-11-13-15-16-17-18-19-20-21-22-23-24-25-26-27-28-29-30-31-32-33-34-35-36-37-38-39-40-41-43-45-47-49-51-55(59)56-53(52-57)54(58)50-48-46-44-42-14-12-10-8-6-4-2/h5,7,11,13,16-17,19-20,22-23,25-26,28-29,31-32,34-35,37-38,53-54,57-58H,3-4,6,8-10,12,14-15,18,21,24,27,30,33,36,39-52H2,1-2H3,(H,56,59)/b7-5-,13-11-,17-16-,20-19-,23-22-,26-25-,29-28-,32-31-,35-34-,38-37-. The fourth-order valence-corrected chi connectivity index (χ4v) is 6.56. The van der Waals surface area contributed by atoms with Crippen molar-refractivity contribution >= 4 is 5.91 Å². The Balaban J connectivity index is 3.65. The first-order valence-electron chi connectivity index (χ1n) is 24.2. The Morgan fingerprint density at radius 2 is 0.746 bits per heavy atom. The number of hydrogen-bond donors (Lipinski definition) is 3. The van der Waals surface area contributed by atoms with Gasteiger partial charge in [-0.15, -0.1) is 0 Å². The fraction of sp³-hybridized carbons (Fsp3) is 0.618. The lowest BCUT2D eigenvalue weighted by atomic mass is 10.0. The highest BCUT2D eigenvalue weighted by atomic mass is 16.3. The second-order valence-corrected chi connectivity index (χ2v) is 15.8. The van der Waals surface area contributed by atoms with Gasteiger partial charge in [0.15, 0.2) is 0 Å². The van der Waals surface area contributed by atoms with Gasteiger partial charge < -0.3 is 15.5 Å². The van der Waals surface area contributed by atoms with Gasteiger partial charge in [0.1, 0.15) is 0 Å². The number of amides is 1. The summed E-state index contributed by atoms with van der Waals surface area (Å²) in [4.78, 5) is 12.4. The van der Waals surface area contributed by atoms with Crippen LogP contribution in [-0.2, 0) is 4.79 Å². The summed E-state index contributed by atoms with van der Waals surface area (Å²) in [5.41, 5.74) is 0. The van der Waals surface area contributed by atoms with Crippen LogP contribution in [0.25, 0.3) is 0 Å². The lowest BCUT2D eigenvalue weighted by Gasteiger charge is -2.22. The predicted molar refractivity (Wildman–Crippen MR) is 262 cm³/mol. The molecule has 0 aliphatic carbocycles. The SMILES string of the molecule is CC/C=C\C/C=C\C/C=C\C/C=C\C/C=C\C/C=C\C/C=C\C/C=C\C/C=C\C/C=C\CCCCCCCCC(=O)NC(CO)C(O)CCCCCCCCCCCC. The largest absolute Gasteiger partial charge is 0.394 e. The number of carbonyl (C=O) groups is 1. The van der Waals surface area contributed by atoms with E-state index in [0.29, 0.717) is 12.8 Å². The van der Waals surface area contributed by atoms with Crippen LogP contribution in [-0.4, -0.2) is 34.9 Å². The monoisotopic (exact) mass is 814 g/mol. The minimum Gasteiger partial charge on any atom is -0.394 e.